The SMILES string of the molecule is COc1cc(C)c(S(=O)(=O)N(Cc2ccc(Br)cc2)[C@@H](Cc2ccccc2)C(=O)O)c(C)c1C. The average Bonchev–Trinajstić information content (AvgIpc) is 2.80. The van der Waals surface area contributed by atoms with Crippen molar-refractivity contribution < 1.29 is 23.1 Å². The Bertz CT molecular complexity index is 1270. The van der Waals surface area contributed by atoms with E-state index in [0.29, 0.717) is 28.0 Å². The molecule has 1 N–H and O–H groups in total. The van der Waals surface area contributed by atoms with Crippen molar-refractivity contribution in [3.8, 4) is 5.75 Å². The highest BCUT2D eigenvalue weighted by molar-refractivity contribution is 9.10. The molecular weight excluding hydrogens is 518 g/mol. The van der Waals surface area contributed by atoms with E-state index in [-0.39, 0.29) is 17.9 Å². The molecule has 0 radical (unpaired) electrons. The summed E-state index contributed by atoms with van der Waals surface area (Å²) in [6.07, 6.45) is 0.0408. The molecule has 0 amide bonds. The molecule has 3 aromatic rings. The predicted molar refractivity (Wildman–Crippen MR) is 136 cm³/mol. The average molecular weight is 546 g/mol. The fourth-order valence-corrected chi connectivity index (χ4v) is 6.35. The fraction of sp³-hybridized carbons (Fsp3) is 0.269. The third-order valence-corrected chi connectivity index (χ3v) is 8.60. The second-order valence-electron chi connectivity index (χ2n) is 8.20. The van der Waals surface area contributed by atoms with E-state index >= 15 is 0 Å². The first-order chi connectivity index (χ1) is 16.1. The number of nitrogens with zero attached hydrogens (tertiary/aromatic N) is 1. The van der Waals surface area contributed by atoms with Crippen molar-refractivity contribution in [3.63, 3.8) is 0 Å². The Balaban J connectivity index is 2.18. The summed E-state index contributed by atoms with van der Waals surface area (Å²) in [5, 5.41) is 10.2. The number of sulfonamides is 1. The molecular formula is C26H28BrNO5S. The lowest BCUT2D eigenvalue weighted by Crippen LogP contribution is -2.46. The summed E-state index contributed by atoms with van der Waals surface area (Å²) >= 11 is 3.39. The van der Waals surface area contributed by atoms with Crippen molar-refractivity contribution in [2.75, 3.05) is 7.11 Å². The van der Waals surface area contributed by atoms with Crippen LogP contribution in [-0.4, -0.2) is 37.0 Å². The molecule has 0 bridgehead atoms. The first kappa shape index (κ1) is 25.9. The number of rotatable bonds is 9. The second kappa shape index (κ2) is 10.7. The number of carboxylic acids is 1. The van der Waals surface area contributed by atoms with Crippen LogP contribution in [0.3, 0.4) is 0 Å². The molecule has 0 saturated carbocycles. The molecule has 6 nitrogen and oxygen atoms in total. The lowest BCUT2D eigenvalue weighted by Gasteiger charge is -2.30. The Morgan fingerprint density at radius 1 is 1.00 bits per heavy atom. The normalized spacial score (nSPS) is 12.5. The molecule has 180 valence electrons. The van der Waals surface area contributed by atoms with Crippen LogP contribution in [0.1, 0.15) is 27.8 Å². The third-order valence-electron chi connectivity index (χ3n) is 5.92. The summed E-state index contributed by atoms with van der Waals surface area (Å²) in [6.45, 7) is 5.14. The lowest BCUT2D eigenvalue weighted by atomic mass is 10.1. The number of methoxy groups -OCH3 is 1. The number of halogens is 1. The van der Waals surface area contributed by atoms with Gasteiger partial charge in [0.15, 0.2) is 0 Å². The van der Waals surface area contributed by atoms with E-state index in [1.54, 1.807) is 63.2 Å². The number of aliphatic carboxylic acids is 1. The summed E-state index contributed by atoms with van der Waals surface area (Å²) in [4.78, 5) is 12.6. The van der Waals surface area contributed by atoms with Crippen LogP contribution in [0.4, 0.5) is 0 Å². The van der Waals surface area contributed by atoms with E-state index < -0.39 is 22.0 Å². The highest BCUT2D eigenvalue weighted by Gasteiger charge is 2.38. The first-order valence-corrected chi connectivity index (χ1v) is 13.0. The van der Waals surface area contributed by atoms with Gasteiger partial charge in [0.05, 0.1) is 12.0 Å². The zero-order chi connectivity index (χ0) is 25.0. The largest absolute Gasteiger partial charge is 0.496 e. The molecule has 1 atom stereocenters. The van der Waals surface area contributed by atoms with Crippen molar-refractivity contribution in [1.29, 1.82) is 0 Å². The Morgan fingerprint density at radius 2 is 1.62 bits per heavy atom. The Kier molecular flexibility index (Phi) is 8.17. The van der Waals surface area contributed by atoms with Gasteiger partial charge < -0.3 is 9.84 Å². The van der Waals surface area contributed by atoms with Crippen LogP contribution >= 0.6 is 15.9 Å². The number of benzene rings is 3. The quantitative estimate of drug-likeness (QED) is 0.396. The smallest absolute Gasteiger partial charge is 0.322 e. The van der Waals surface area contributed by atoms with Crippen molar-refractivity contribution in [2.45, 2.75) is 44.7 Å². The van der Waals surface area contributed by atoms with Gasteiger partial charge in [0.2, 0.25) is 10.0 Å². The molecule has 0 aliphatic heterocycles. The van der Waals surface area contributed by atoms with Crippen molar-refractivity contribution in [1.82, 2.24) is 4.31 Å². The summed E-state index contributed by atoms with van der Waals surface area (Å²) in [5.41, 5.74) is 3.17. The zero-order valence-electron chi connectivity index (χ0n) is 19.6. The Morgan fingerprint density at radius 3 is 2.18 bits per heavy atom. The van der Waals surface area contributed by atoms with E-state index in [1.165, 1.54) is 7.11 Å². The highest BCUT2D eigenvalue weighted by Crippen LogP contribution is 2.34. The Labute approximate surface area is 209 Å². The van der Waals surface area contributed by atoms with E-state index in [2.05, 4.69) is 15.9 Å². The number of ether oxygens (including phenoxy) is 1. The minimum atomic E-state index is -4.20. The molecule has 0 aliphatic rings. The molecule has 0 saturated heterocycles. The predicted octanol–water partition coefficient (Wildman–Crippen LogP) is 5.27. The van der Waals surface area contributed by atoms with Crippen molar-refractivity contribution in [2.24, 2.45) is 0 Å². The van der Waals surface area contributed by atoms with Gasteiger partial charge in [-0.15, -0.1) is 0 Å². The molecule has 3 aromatic carbocycles. The summed E-state index contributed by atoms with van der Waals surface area (Å²) in [6, 6.07) is 16.6. The maximum absolute atomic E-state index is 14.1. The fourth-order valence-electron chi connectivity index (χ4n) is 4.03. The number of hydrogen-bond acceptors (Lipinski definition) is 4. The van der Waals surface area contributed by atoms with Gasteiger partial charge in [0, 0.05) is 11.0 Å². The Hall–Kier alpha value is -2.68. The molecule has 0 fully saturated rings. The number of carboxylic acid groups (broad SMARTS) is 1. The molecule has 0 heterocycles. The minimum Gasteiger partial charge on any atom is -0.496 e. The van der Waals surface area contributed by atoms with Crippen LogP contribution in [-0.2, 0) is 27.8 Å². The van der Waals surface area contributed by atoms with Crippen LogP contribution in [0.5, 0.6) is 5.75 Å². The molecule has 8 heteroatoms. The monoisotopic (exact) mass is 545 g/mol. The van der Waals surface area contributed by atoms with Gasteiger partial charge in [-0.25, -0.2) is 8.42 Å². The molecule has 3 rings (SSSR count). The number of hydrogen-bond donors (Lipinski definition) is 1. The van der Waals surface area contributed by atoms with E-state index in [9.17, 15) is 18.3 Å². The summed E-state index contributed by atoms with van der Waals surface area (Å²) in [5.74, 6) is -0.613. The zero-order valence-corrected chi connectivity index (χ0v) is 22.0. The highest BCUT2D eigenvalue weighted by atomic mass is 79.9. The van der Waals surface area contributed by atoms with Crippen LogP contribution < -0.4 is 4.74 Å². The van der Waals surface area contributed by atoms with E-state index in [1.807, 2.05) is 18.2 Å². The maximum atomic E-state index is 14.1. The molecule has 0 aliphatic carbocycles. The first-order valence-electron chi connectivity index (χ1n) is 10.7. The van der Waals surface area contributed by atoms with Gasteiger partial charge in [-0.2, -0.15) is 4.31 Å². The van der Waals surface area contributed by atoms with Crippen LogP contribution in [0.2, 0.25) is 0 Å². The number of carbonyl (C=O) groups is 1. The standard InChI is InChI=1S/C26H28BrNO5S/c1-17-14-24(33-4)18(2)19(3)25(17)34(31,32)28(16-21-10-12-22(27)13-11-21)23(26(29)30)15-20-8-6-5-7-9-20/h5-14,23H,15-16H2,1-4H3,(H,29,30)/t23-/m0/s1. The summed E-state index contributed by atoms with van der Waals surface area (Å²) < 4.78 is 35.6. The maximum Gasteiger partial charge on any atom is 0.322 e. The van der Waals surface area contributed by atoms with Crippen LogP contribution in [0.25, 0.3) is 0 Å². The van der Waals surface area contributed by atoms with Gasteiger partial charge in [-0.05, 0) is 73.2 Å². The van der Waals surface area contributed by atoms with Gasteiger partial charge in [-0.3, -0.25) is 4.79 Å². The second-order valence-corrected chi connectivity index (χ2v) is 10.9. The van der Waals surface area contributed by atoms with E-state index in [0.717, 1.165) is 14.3 Å². The van der Waals surface area contributed by atoms with E-state index in [4.69, 9.17) is 4.74 Å². The van der Waals surface area contributed by atoms with Gasteiger partial charge in [0.1, 0.15) is 11.8 Å². The minimum absolute atomic E-state index is 0.0408. The van der Waals surface area contributed by atoms with Gasteiger partial charge in [0.25, 0.3) is 0 Å². The lowest BCUT2D eigenvalue weighted by molar-refractivity contribution is -0.141. The number of aryl methyl sites for hydroxylation is 1. The molecule has 0 spiro atoms. The van der Waals surface area contributed by atoms with Crippen molar-refractivity contribution in [3.05, 3.63) is 93.0 Å². The topological polar surface area (TPSA) is 83.9 Å². The molecule has 34 heavy (non-hydrogen) atoms. The van der Waals surface area contributed by atoms with Crippen molar-refractivity contribution >= 4 is 31.9 Å². The van der Waals surface area contributed by atoms with Gasteiger partial charge in [-0.1, -0.05) is 58.4 Å². The van der Waals surface area contributed by atoms with Gasteiger partial charge >= 0.3 is 5.97 Å². The third kappa shape index (κ3) is 5.51. The van der Waals surface area contributed by atoms with Crippen LogP contribution in [0, 0.1) is 20.8 Å². The molecule has 0 unspecified atom stereocenters. The van der Waals surface area contributed by atoms with Crippen LogP contribution in [0.15, 0.2) is 70.0 Å². The summed E-state index contributed by atoms with van der Waals surface area (Å²) in [7, 11) is -2.66. The molecule has 0 aromatic heterocycles.